The minimum atomic E-state index is -1.79. The quantitative estimate of drug-likeness (QED) is 0.313. The molecule has 3 fully saturated rings. The zero-order chi connectivity index (χ0) is 29.3. The highest BCUT2D eigenvalue weighted by molar-refractivity contribution is 5.98. The van der Waals surface area contributed by atoms with Gasteiger partial charge >= 0.3 is 5.97 Å². The first kappa shape index (κ1) is 28.9. The Morgan fingerprint density at radius 2 is 1.80 bits per heavy atom. The summed E-state index contributed by atoms with van der Waals surface area (Å²) in [7, 11) is 0. The second-order valence-electron chi connectivity index (χ2n) is 13.3. The molecule has 2 saturated carbocycles. The lowest BCUT2D eigenvalue weighted by Crippen LogP contribution is -2.63. The van der Waals surface area contributed by atoms with E-state index >= 15 is 0 Å². The summed E-state index contributed by atoms with van der Waals surface area (Å²) >= 11 is 0. The van der Waals surface area contributed by atoms with E-state index in [1.165, 1.54) is 6.08 Å². The lowest BCUT2D eigenvalue weighted by Gasteiger charge is -2.55. The number of fused-ring (bicyclic) bond motifs is 5. The number of hydrogen-bond donors (Lipinski definition) is 2. The van der Waals surface area contributed by atoms with Crippen molar-refractivity contribution in [2.75, 3.05) is 0 Å². The maximum atomic E-state index is 13.4. The Bertz CT molecular complexity index is 1270. The van der Waals surface area contributed by atoms with Crippen molar-refractivity contribution in [3.8, 4) is 0 Å². The van der Waals surface area contributed by atoms with E-state index in [1.807, 2.05) is 58.0 Å². The number of Topliss-reactive ketones (excluding diaryl/α,β-unsaturated/α-hetero) is 1. The Morgan fingerprint density at radius 1 is 1.12 bits per heavy atom. The molecule has 1 heterocycles. The van der Waals surface area contributed by atoms with Crippen molar-refractivity contribution in [3.05, 3.63) is 65.3 Å². The Kier molecular flexibility index (Phi) is 7.06. The molecule has 216 valence electrons. The molecule has 1 aromatic carbocycles. The fourth-order valence-corrected chi connectivity index (χ4v) is 7.76. The van der Waals surface area contributed by atoms with Gasteiger partial charge in [-0.25, -0.2) is 4.79 Å². The maximum Gasteiger partial charge on any atom is 0.331 e. The van der Waals surface area contributed by atoms with Crippen molar-refractivity contribution in [3.63, 3.8) is 0 Å². The van der Waals surface area contributed by atoms with Crippen LogP contribution in [0.3, 0.4) is 0 Å². The molecule has 0 spiro atoms. The smallest absolute Gasteiger partial charge is 0.331 e. The van der Waals surface area contributed by atoms with E-state index in [0.29, 0.717) is 36.0 Å². The highest BCUT2D eigenvalue weighted by atomic mass is 16.8. The first-order valence-electron chi connectivity index (χ1n) is 14.2. The summed E-state index contributed by atoms with van der Waals surface area (Å²) in [6.07, 6.45) is 1.59. The van der Waals surface area contributed by atoms with Crippen LogP contribution in [0.1, 0.15) is 72.8 Å². The number of ketones is 1. The fraction of sp³-hybridized carbons (Fsp3) is 0.576. The number of carbonyl (C=O) groups excluding carboxylic acids is 2. The summed E-state index contributed by atoms with van der Waals surface area (Å²) < 4.78 is 18.7. The van der Waals surface area contributed by atoms with Crippen molar-refractivity contribution in [1.82, 2.24) is 0 Å². The van der Waals surface area contributed by atoms with Crippen LogP contribution in [0.4, 0.5) is 0 Å². The fourth-order valence-electron chi connectivity index (χ4n) is 7.76. The van der Waals surface area contributed by atoms with Crippen LogP contribution in [-0.4, -0.2) is 57.8 Å². The molecule has 40 heavy (non-hydrogen) atoms. The summed E-state index contributed by atoms with van der Waals surface area (Å²) in [6.45, 7) is 15.6. The zero-order valence-corrected chi connectivity index (χ0v) is 24.4. The average Bonchev–Trinajstić information content (AvgIpc) is 3.16. The first-order chi connectivity index (χ1) is 18.6. The minimum absolute atomic E-state index is 0.220. The Morgan fingerprint density at radius 3 is 2.48 bits per heavy atom. The molecule has 0 radical (unpaired) electrons. The van der Waals surface area contributed by atoms with Gasteiger partial charge in [-0.05, 0) is 73.8 Å². The maximum absolute atomic E-state index is 13.4. The summed E-state index contributed by atoms with van der Waals surface area (Å²) in [4.78, 5) is 26.2. The molecular formula is C33H42O7. The van der Waals surface area contributed by atoms with Crippen molar-refractivity contribution in [1.29, 1.82) is 0 Å². The van der Waals surface area contributed by atoms with Crippen molar-refractivity contribution in [2.24, 2.45) is 16.7 Å². The summed E-state index contributed by atoms with van der Waals surface area (Å²) in [5.74, 6) is -2.25. The van der Waals surface area contributed by atoms with E-state index in [1.54, 1.807) is 13.0 Å². The number of hydrogen-bond acceptors (Lipinski definition) is 7. The molecule has 2 N–H and O–H groups in total. The van der Waals surface area contributed by atoms with Crippen molar-refractivity contribution >= 4 is 17.8 Å². The van der Waals surface area contributed by atoms with Gasteiger partial charge in [0.2, 0.25) is 0 Å². The van der Waals surface area contributed by atoms with Gasteiger partial charge in [0.05, 0.1) is 12.2 Å². The number of aliphatic hydroxyl groups is 2. The van der Waals surface area contributed by atoms with Crippen LogP contribution >= 0.6 is 0 Å². The van der Waals surface area contributed by atoms with Crippen LogP contribution in [0.25, 0.3) is 6.08 Å². The minimum Gasteiger partial charge on any atom is -0.455 e. The average molecular weight is 551 g/mol. The van der Waals surface area contributed by atoms with Gasteiger partial charge in [-0.3, -0.25) is 4.79 Å². The number of carbonyl (C=O) groups is 2. The van der Waals surface area contributed by atoms with Crippen LogP contribution in [-0.2, 0) is 23.8 Å². The molecule has 1 saturated heterocycles. The third kappa shape index (κ3) is 4.61. The van der Waals surface area contributed by atoms with Gasteiger partial charge in [0.1, 0.15) is 17.8 Å². The molecule has 5 rings (SSSR count). The highest BCUT2D eigenvalue weighted by Crippen LogP contribution is 2.60. The van der Waals surface area contributed by atoms with Gasteiger partial charge in [-0.15, -0.1) is 0 Å². The Balaban J connectivity index is 1.53. The van der Waals surface area contributed by atoms with Crippen LogP contribution in [0.15, 0.2) is 59.7 Å². The van der Waals surface area contributed by atoms with E-state index in [2.05, 4.69) is 13.5 Å². The summed E-state index contributed by atoms with van der Waals surface area (Å²) in [5.41, 5.74) is -0.700. The number of esters is 1. The molecule has 3 aliphatic carbocycles. The second kappa shape index (κ2) is 9.76. The van der Waals surface area contributed by atoms with E-state index in [0.717, 1.165) is 5.56 Å². The van der Waals surface area contributed by atoms with Gasteiger partial charge in [-0.2, -0.15) is 0 Å². The predicted octanol–water partition coefficient (Wildman–Crippen LogP) is 4.92. The summed E-state index contributed by atoms with van der Waals surface area (Å²) in [5, 5.41) is 24.5. The van der Waals surface area contributed by atoms with Crippen molar-refractivity contribution in [2.45, 2.75) is 103 Å². The molecule has 7 atom stereocenters. The van der Waals surface area contributed by atoms with Crippen LogP contribution in [0.2, 0.25) is 0 Å². The molecule has 4 aliphatic rings. The standard InChI is InChI=1S/C33H42O7/c1-19-22(34)17-33(37)29(36)27-20(2)23(38-25(35)14-13-21-11-9-8-10-12-21)15-16-32(27,7)18-24-28(26(19)30(33,3)4)40-31(5,6)39-24/h8-14,23-24,27-29,36-37H,2,15-18H2,1,3-7H3/b14-13+/t23-,24+,27-,28-,29-,32-,33+/m0/s1. The molecular weight excluding hydrogens is 508 g/mol. The van der Waals surface area contributed by atoms with E-state index in [4.69, 9.17) is 14.2 Å². The molecule has 7 heteroatoms. The number of ether oxygens (including phenoxy) is 3. The monoisotopic (exact) mass is 550 g/mol. The van der Waals surface area contributed by atoms with E-state index < -0.39 is 58.5 Å². The molecule has 1 aliphatic heterocycles. The van der Waals surface area contributed by atoms with Gasteiger partial charge in [0.15, 0.2) is 11.6 Å². The SMILES string of the molecule is C=C1[C@@H](OC(=O)/C=C/c2ccccc2)CC[C@@]2(C)C[C@H]3OC(C)(C)O[C@@H]3C3=C(C)C(=O)C[C@@](O)([C@@H](O)[C@H]12)C3(C)C. The second-order valence-corrected chi connectivity index (χ2v) is 13.3. The third-order valence-electron chi connectivity index (χ3n) is 9.96. The van der Waals surface area contributed by atoms with Crippen LogP contribution in [0.5, 0.6) is 0 Å². The molecule has 2 bridgehead atoms. The lowest BCUT2D eigenvalue weighted by molar-refractivity contribution is -0.192. The number of allylic oxidation sites excluding steroid dienone is 1. The number of benzene rings is 1. The van der Waals surface area contributed by atoms with Gasteiger partial charge < -0.3 is 24.4 Å². The molecule has 0 amide bonds. The normalized spacial score (nSPS) is 38.8. The zero-order valence-electron chi connectivity index (χ0n) is 24.4. The highest BCUT2D eigenvalue weighted by Gasteiger charge is 2.65. The third-order valence-corrected chi connectivity index (χ3v) is 9.96. The van der Waals surface area contributed by atoms with E-state index in [-0.39, 0.29) is 12.2 Å². The van der Waals surface area contributed by atoms with E-state index in [9.17, 15) is 19.8 Å². The van der Waals surface area contributed by atoms with Crippen LogP contribution in [0, 0.1) is 16.7 Å². The van der Waals surface area contributed by atoms with Crippen LogP contribution < -0.4 is 0 Å². The van der Waals surface area contributed by atoms with Crippen molar-refractivity contribution < 1.29 is 34.0 Å². The van der Waals surface area contributed by atoms with Gasteiger partial charge in [-0.1, -0.05) is 57.7 Å². The number of aliphatic hydroxyl groups excluding tert-OH is 1. The molecule has 1 aromatic rings. The first-order valence-corrected chi connectivity index (χ1v) is 14.2. The van der Waals surface area contributed by atoms with Gasteiger partial charge in [0, 0.05) is 23.8 Å². The lowest BCUT2D eigenvalue weighted by atomic mass is 9.53. The van der Waals surface area contributed by atoms with Gasteiger partial charge in [0.25, 0.3) is 0 Å². The molecule has 0 aromatic heterocycles. The predicted molar refractivity (Wildman–Crippen MR) is 151 cm³/mol. The molecule has 7 nitrogen and oxygen atoms in total. The molecule has 0 unspecified atom stereocenters. The Labute approximate surface area is 236 Å². The number of rotatable bonds is 3. The Hall–Kier alpha value is -2.58. The topological polar surface area (TPSA) is 102 Å². The summed E-state index contributed by atoms with van der Waals surface area (Å²) in [6, 6.07) is 9.47. The largest absolute Gasteiger partial charge is 0.455 e.